The summed E-state index contributed by atoms with van der Waals surface area (Å²) < 4.78 is 0. The first kappa shape index (κ1) is 13.8. The Balaban J connectivity index is 1.75. The first-order valence-corrected chi connectivity index (χ1v) is 7.78. The van der Waals surface area contributed by atoms with Gasteiger partial charge in [0.25, 0.3) is 5.91 Å². The van der Waals surface area contributed by atoms with E-state index < -0.39 is 0 Å². The van der Waals surface area contributed by atoms with E-state index in [9.17, 15) is 4.79 Å². The second kappa shape index (κ2) is 6.09. The maximum Gasteiger partial charge on any atom is 0.269 e. The molecule has 1 aliphatic heterocycles. The van der Waals surface area contributed by atoms with Crippen molar-refractivity contribution >= 4 is 33.9 Å². The van der Waals surface area contributed by atoms with Crippen LogP contribution in [0.4, 0.5) is 16.6 Å². The highest BCUT2D eigenvalue weighted by molar-refractivity contribution is 7.18. The van der Waals surface area contributed by atoms with Crippen molar-refractivity contribution in [3.05, 3.63) is 29.4 Å². The van der Waals surface area contributed by atoms with Crippen LogP contribution in [0.1, 0.15) is 28.9 Å². The van der Waals surface area contributed by atoms with E-state index in [0.29, 0.717) is 16.4 Å². The molecule has 2 aromatic rings. The third-order valence-corrected chi connectivity index (χ3v) is 4.53. The molecule has 6 nitrogen and oxygen atoms in total. The molecule has 0 saturated carbocycles. The highest BCUT2D eigenvalue weighted by atomic mass is 32.1. The van der Waals surface area contributed by atoms with Crippen LogP contribution >= 0.6 is 11.3 Å². The van der Waals surface area contributed by atoms with Crippen molar-refractivity contribution in [1.29, 1.82) is 0 Å². The molecule has 1 fully saturated rings. The minimum absolute atomic E-state index is 0.235. The Kier molecular flexibility index (Phi) is 4.01. The number of nitrogens with zero attached hydrogens (tertiary/aromatic N) is 3. The van der Waals surface area contributed by atoms with Crippen LogP contribution < -0.4 is 16.0 Å². The van der Waals surface area contributed by atoms with E-state index in [2.05, 4.69) is 20.2 Å². The van der Waals surface area contributed by atoms with Gasteiger partial charge in [0.2, 0.25) is 0 Å². The maximum atomic E-state index is 12.3. The van der Waals surface area contributed by atoms with Crippen LogP contribution in [0.2, 0.25) is 0 Å². The Morgan fingerprint density at radius 1 is 1.33 bits per heavy atom. The fourth-order valence-electron chi connectivity index (χ4n) is 2.33. The molecule has 1 aliphatic rings. The van der Waals surface area contributed by atoms with Gasteiger partial charge in [-0.3, -0.25) is 9.78 Å². The van der Waals surface area contributed by atoms with Gasteiger partial charge in [0.05, 0.1) is 11.9 Å². The zero-order chi connectivity index (χ0) is 14.7. The molecule has 2 aromatic heterocycles. The molecule has 1 amide bonds. The zero-order valence-electron chi connectivity index (χ0n) is 11.6. The Morgan fingerprint density at radius 3 is 2.86 bits per heavy atom. The lowest BCUT2D eigenvalue weighted by Gasteiger charge is -2.25. The van der Waals surface area contributed by atoms with Crippen LogP contribution in [-0.2, 0) is 0 Å². The SMILES string of the molecule is Nc1nc(N2CCCCC2)sc1C(=O)Nc1cccnc1. The highest BCUT2D eigenvalue weighted by Gasteiger charge is 2.20. The van der Waals surface area contributed by atoms with Gasteiger partial charge in [-0.1, -0.05) is 11.3 Å². The van der Waals surface area contributed by atoms with Crippen molar-refractivity contribution in [1.82, 2.24) is 9.97 Å². The molecule has 1 saturated heterocycles. The molecule has 7 heteroatoms. The molecular weight excluding hydrogens is 286 g/mol. The van der Waals surface area contributed by atoms with E-state index in [1.165, 1.54) is 17.8 Å². The summed E-state index contributed by atoms with van der Waals surface area (Å²) >= 11 is 1.35. The van der Waals surface area contributed by atoms with E-state index in [0.717, 1.165) is 31.1 Å². The monoisotopic (exact) mass is 303 g/mol. The summed E-state index contributed by atoms with van der Waals surface area (Å²) in [4.78, 5) is 23.2. The molecule has 3 heterocycles. The van der Waals surface area contributed by atoms with Gasteiger partial charge in [0.15, 0.2) is 5.13 Å². The molecule has 0 unspecified atom stereocenters. The number of rotatable bonds is 3. The predicted molar refractivity (Wildman–Crippen MR) is 84.8 cm³/mol. The van der Waals surface area contributed by atoms with Gasteiger partial charge in [-0.2, -0.15) is 0 Å². The number of carbonyl (C=O) groups is 1. The van der Waals surface area contributed by atoms with Gasteiger partial charge in [-0.25, -0.2) is 4.98 Å². The Morgan fingerprint density at radius 2 is 2.14 bits per heavy atom. The number of hydrogen-bond acceptors (Lipinski definition) is 6. The largest absolute Gasteiger partial charge is 0.382 e. The molecule has 3 rings (SSSR count). The first-order chi connectivity index (χ1) is 10.2. The van der Waals surface area contributed by atoms with E-state index in [1.807, 2.05) is 0 Å². The second-order valence-electron chi connectivity index (χ2n) is 4.95. The summed E-state index contributed by atoms with van der Waals surface area (Å²) in [5.74, 6) is 0.0585. The van der Waals surface area contributed by atoms with Crippen molar-refractivity contribution in [3.8, 4) is 0 Å². The van der Waals surface area contributed by atoms with Crippen LogP contribution in [0.25, 0.3) is 0 Å². The van der Waals surface area contributed by atoms with Crippen molar-refractivity contribution in [2.75, 3.05) is 29.0 Å². The lowest BCUT2D eigenvalue weighted by Crippen LogP contribution is -2.29. The summed E-state index contributed by atoms with van der Waals surface area (Å²) in [6.45, 7) is 1.97. The van der Waals surface area contributed by atoms with Gasteiger partial charge in [0, 0.05) is 19.3 Å². The van der Waals surface area contributed by atoms with Crippen molar-refractivity contribution in [2.24, 2.45) is 0 Å². The first-order valence-electron chi connectivity index (χ1n) is 6.96. The normalized spacial score (nSPS) is 15.0. The van der Waals surface area contributed by atoms with Crippen LogP contribution in [0, 0.1) is 0 Å². The van der Waals surface area contributed by atoms with Gasteiger partial charge in [-0.15, -0.1) is 0 Å². The minimum atomic E-state index is -0.235. The molecular formula is C14H17N5OS. The fraction of sp³-hybridized carbons (Fsp3) is 0.357. The molecule has 0 aromatic carbocycles. The Bertz CT molecular complexity index is 622. The molecule has 0 bridgehead atoms. The highest BCUT2D eigenvalue weighted by Crippen LogP contribution is 2.30. The van der Waals surface area contributed by atoms with Crippen LogP contribution in [0.3, 0.4) is 0 Å². The van der Waals surface area contributed by atoms with E-state index in [-0.39, 0.29) is 5.91 Å². The second-order valence-corrected chi connectivity index (χ2v) is 5.93. The third kappa shape index (κ3) is 3.13. The number of anilines is 3. The molecule has 21 heavy (non-hydrogen) atoms. The summed E-state index contributed by atoms with van der Waals surface area (Å²) in [5.41, 5.74) is 6.55. The topological polar surface area (TPSA) is 84.1 Å². The minimum Gasteiger partial charge on any atom is -0.382 e. The number of aromatic nitrogens is 2. The average Bonchev–Trinajstić information content (AvgIpc) is 2.91. The van der Waals surface area contributed by atoms with Crippen LogP contribution in [0.15, 0.2) is 24.5 Å². The molecule has 0 aliphatic carbocycles. The number of hydrogen-bond donors (Lipinski definition) is 2. The number of pyridine rings is 1. The van der Waals surface area contributed by atoms with E-state index >= 15 is 0 Å². The number of amides is 1. The van der Waals surface area contributed by atoms with Gasteiger partial charge in [0.1, 0.15) is 10.7 Å². The van der Waals surface area contributed by atoms with Crippen molar-refractivity contribution in [2.45, 2.75) is 19.3 Å². The maximum absolute atomic E-state index is 12.3. The summed E-state index contributed by atoms with van der Waals surface area (Å²) in [6.07, 6.45) is 6.84. The quantitative estimate of drug-likeness (QED) is 0.909. The van der Waals surface area contributed by atoms with E-state index in [1.54, 1.807) is 24.5 Å². The number of carbonyl (C=O) groups excluding carboxylic acids is 1. The Hall–Kier alpha value is -2.15. The molecule has 110 valence electrons. The smallest absolute Gasteiger partial charge is 0.269 e. The number of piperidine rings is 1. The number of nitrogen functional groups attached to an aromatic ring is 1. The summed E-state index contributed by atoms with van der Waals surface area (Å²) in [6, 6.07) is 3.55. The average molecular weight is 303 g/mol. The van der Waals surface area contributed by atoms with Gasteiger partial charge >= 0.3 is 0 Å². The zero-order valence-corrected chi connectivity index (χ0v) is 12.4. The predicted octanol–water partition coefficient (Wildman–Crippen LogP) is 2.36. The molecule has 0 atom stereocenters. The number of nitrogens with one attached hydrogen (secondary N) is 1. The summed E-state index contributed by atoms with van der Waals surface area (Å²) in [7, 11) is 0. The molecule has 0 radical (unpaired) electrons. The van der Waals surface area contributed by atoms with Crippen LogP contribution in [-0.4, -0.2) is 29.0 Å². The van der Waals surface area contributed by atoms with Crippen molar-refractivity contribution in [3.63, 3.8) is 0 Å². The lowest BCUT2D eigenvalue weighted by molar-refractivity contribution is 0.103. The molecule has 0 spiro atoms. The standard InChI is InChI=1S/C14H17N5OS/c15-12-11(13(20)17-10-5-4-6-16-9-10)21-14(18-12)19-7-2-1-3-8-19/h4-6,9H,1-3,7-8,15H2,(H,17,20). The Labute approximate surface area is 127 Å². The van der Waals surface area contributed by atoms with E-state index in [4.69, 9.17) is 5.73 Å². The van der Waals surface area contributed by atoms with Crippen LogP contribution in [0.5, 0.6) is 0 Å². The third-order valence-electron chi connectivity index (χ3n) is 3.39. The number of nitrogens with two attached hydrogens (primary N) is 1. The fourth-order valence-corrected chi connectivity index (χ4v) is 3.26. The van der Waals surface area contributed by atoms with Gasteiger partial charge in [-0.05, 0) is 31.4 Å². The summed E-state index contributed by atoms with van der Waals surface area (Å²) in [5, 5.41) is 3.62. The lowest BCUT2D eigenvalue weighted by atomic mass is 10.1. The molecule has 3 N–H and O–H groups in total. The van der Waals surface area contributed by atoms with Crippen molar-refractivity contribution < 1.29 is 4.79 Å². The number of thiazole rings is 1. The van der Waals surface area contributed by atoms with Gasteiger partial charge < -0.3 is 16.0 Å².